The molecular weight excluding hydrogens is 347 g/mol. The first kappa shape index (κ1) is 18.7. The maximum Gasteiger partial charge on any atom is 0.0687 e. The van der Waals surface area contributed by atoms with Gasteiger partial charge >= 0.3 is 0 Å². The molecule has 0 amide bonds. The molecule has 0 bridgehead atoms. The molecule has 3 rings (SSSR count). The lowest BCUT2D eigenvalue weighted by atomic mass is 10.4. The molecule has 0 saturated carbocycles. The fourth-order valence-electron chi connectivity index (χ4n) is 3.16. The van der Waals surface area contributed by atoms with E-state index in [1.54, 1.807) is 0 Å². The Labute approximate surface area is 159 Å². The van der Waals surface area contributed by atoms with E-state index >= 15 is 0 Å². The molecule has 0 unspecified atom stereocenters. The molecule has 132 valence electrons. The molecule has 26 heavy (non-hydrogen) atoms. The van der Waals surface area contributed by atoms with Crippen LogP contribution in [0.4, 0.5) is 0 Å². The van der Waals surface area contributed by atoms with Crippen molar-refractivity contribution in [2.45, 2.75) is 19.6 Å². The van der Waals surface area contributed by atoms with Gasteiger partial charge in [-0.2, -0.15) is 0 Å². The minimum Gasteiger partial charge on any atom is -0.0949 e. The average molecular weight is 375 g/mol. The monoisotopic (exact) mass is 374 g/mol. The summed E-state index contributed by atoms with van der Waals surface area (Å²) in [5, 5.41) is 4.20. The van der Waals surface area contributed by atoms with E-state index in [-0.39, 0.29) is 0 Å². The van der Waals surface area contributed by atoms with Gasteiger partial charge in [0.05, 0.1) is 8.07 Å². The summed E-state index contributed by atoms with van der Waals surface area (Å²) in [6.07, 6.45) is 2.34. The van der Waals surface area contributed by atoms with Gasteiger partial charge in [-0.25, -0.2) is 0 Å². The Morgan fingerprint density at radius 3 is 1.23 bits per heavy atom. The van der Waals surface area contributed by atoms with Gasteiger partial charge in [0, 0.05) is 0 Å². The normalized spacial score (nSPS) is 12.3. The second-order valence-electron chi connectivity index (χ2n) is 7.60. The molecule has 0 heterocycles. The Hall–Kier alpha value is -2.08. The molecule has 3 aromatic carbocycles. The largest absolute Gasteiger partial charge is 0.0949 e. The fourth-order valence-corrected chi connectivity index (χ4v) is 7.67. The summed E-state index contributed by atoms with van der Waals surface area (Å²) in [5.74, 6) is 2.49. The maximum atomic E-state index is 2.49. The summed E-state index contributed by atoms with van der Waals surface area (Å²) in [7, 11) is -1.25. The van der Waals surface area contributed by atoms with Crippen LogP contribution < -0.4 is 15.9 Å². The lowest BCUT2D eigenvalue weighted by Crippen LogP contribution is -2.26. The van der Waals surface area contributed by atoms with E-state index in [1.165, 1.54) is 15.9 Å². The van der Waals surface area contributed by atoms with Crippen LogP contribution in [0.25, 0.3) is 0 Å². The molecule has 0 fully saturated rings. The Morgan fingerprint density at radius 2 is 0.923 bits per heavy atom. The first-order chi connectivity index (χ1) is 12.5. The van der Waals surface area contributed by atoms with Crippen LogP contribution >= 0.6 is 6.89 Å². The van der Waals surface area contributed by atoms with Crippen molar-refractivity contribution in [2.75, 3.05) is 0 Å². The number of rotatable bonds is 5. The molecule has 0 aliphatic carbocycles. The lowest BCUT2D eigenvalue weighted by molar-refractivity contribution is 1.73. The summed E-state index contributed by atoms with van der Waals surface area (Å²) in [5.41, 5.74) is 2.44. The van der Waals surface area contributed by atoms with E-state index in [4.69, 9.17) is 0 Å². The molecule has 0 spiro atoms. The van der Waals surface area contributed by atoms with Gasteiger partial charge in [-0.1, -0.05) is 128 Å². The van der Waals surface area contributed by atoms with Gasteiger partial charge in [-0.15, -0.1) is 0 Å². The Morgan fingerprint density at radius 1 is 0.577 bits per heavy atom. The molecule has 0 nitrogen and oxygen atoms in total. The van der Waals surface area contributed by atoms with E-state index in [0.29, 0.717) is 0 Å². The molecule has 0 saturated heterocycles. The van der Waals surface area contributed by atoms with Gasteiger partial charge < -0.3 is 0 Å². The quantitative estimate of drug-likeness (QED) is 0.424. The first-order valence-electron chi connectivity index (χ1n) is 9.12. The molecule has 0 aromatic heterocycles. The lowest BCUT2D eigenvalue weighted by Gasteiger charge is -2.28. The van der Waals surface area contributed by atoms with E-state index in [9.17, 15) is 0 Å². The predicted molar refractivity (Wildman–Crippen MR) is 124 cm³/mol. The van der Waals surface area contributed by atoms with Crippen molar-refractivity contribution in [3.63, 3.8) is 0 Å². The summed E-state index contributed by atoms with van der Waals surface area (Å²) in [6.45, 7) is 5.31. The number of benzene rings is 3. The number of hydrogen-bond donors (Lipinski definition) is 0. The highest BCUT2D eigenvalue weighted by molar-refractivity contribution is 7.94. The van der Waals surface area contributed by atoms with E-state index < -0.39 is 15.0 Å². The van der Waals surface area contributed by atoms with Crippen molar-refractivity contribution in [3.8, 4) is 0 Å². The van der Waals surface area contributed by atoms with Crippen molar-refractivity contribution in [2.24, 2.45) is 0 Å². The molecule has 0 radical (unpaired) electrons. The predicted octanol–water partition coefficient (Wildman–Crippen LogP) is 5.22. The third-order valence-corrected chi connectivity index (χ3v) is 9.55. The van der Waals surface area contributed by atoms with E-state index in [1.807, 2.05) is 0 Å². The smallest absolute Gasteiger partial charge is 0.0687 e. The summed E-state index contributed by atoms with van der Waals surface area (Å²) < 4.78 is 0. The van der Waals surface area contributed by atoms with Crippen LogP contribution in [-0.4, -0.2) is 13.9 Å². The highest BCUT2D eigenvalue weighted by Crippen LogP contribution is 2.43. The minimum atomic E-state index is -1.83. The topological polar surface area (TPSA) is 0 Å². The van der Waals surface area contributed by atoms with Gasteiger partial charge in [0.2, 0.25) is 0 Å². The fraction of sp³-hybridized carbons (Fsp3) is 0.125. The van der Waals surface area contributed by atoms with Crippen LogP contribution in [0.3, 0.4) is 0 Å². The van der Waals surface area contributed by atoms with Gasteiger partial charge in [-0.3, -0.25) is 0 Å². The zero-order valence-corrected chi connectivity index (χ0v) is 17.7. The number of allylic oxidation sites excluding steroid dienone is 1. The summed E-state index contributed by atoms with van der Waals surface area (Å²) in [6, 6.07) is 33.0. The van der Waals surface area contributed by atoms with Crippen LogP contribution in [0.5, 0.6) is 0 Å². The van der Waals surface area contributed by atoms with Crippen molar-refractivity contribution < 1.29 is 0 Å². The van der Waals surface area contributed by atoms with Gasteiger partial charge in [0.1, 0.15) is 0 Å². The van der Waals surface area contributed by atoms with Crippen molar-refractivity contribution in [1.82, 2.24) is 0 Å². The molecule has 0 aliphatic rings. The SMILES string of the molecule is C[Si](C)(C)/C=C/C=P(c1ccccc1)(c1ccccc1)c1ccccc1. The molecule has 0 aliphatic heterocycles. The minimum absolute atomic E-state index is 1.25. The third kappa shape index (κ3) is 4.18. The molecule has 0 N–H and O–H groups in total. The average Bonchev–Trinajstić information content (AvgIpc) is 2.67. The highest BCUT2D eigenvalue weighted by Gasteiger charge is 2.24. The van der Waals surface area contributed by atoms with Crippen LogP contribution in [-0.2, 0) is 0 Å². The highest BCUT2D eigenvalue weighted by atomic mass is 31.2. The van der Waals surface area contributed by atoms with Crippen molar-refractivity contribution >= 4 is 36.7 Å². The van der Waals surface area contributed by atoms with Crippen LogP contribution in [0.2, 0.25) is 19.6 Å². The van der Waals surface area contributed by atoms with E-state index in [0.717, 1.165) is 0 Å². The Bertz CT molecular complexity index is 801. The molecule has 2 heteroatoms. The van der Waals surface area contributed by atoms with Gasteiger partial charge in [0.15, 0.2) is 0 Å². The third-order valence-electron chi connectivity index (χ3n) is 4.40. The zero-order chi connectivity index (χ0) is 18.5. The Balaban J connectivity index is 2.36. The molecule has 3 aromatic rings. The summed E-state index contributed by atoms with van der Waals surface area (Å²) >= 11 is 0. The standard InChI is InChI=1S/C24H27PSi/c1-26(2,3)21-13-20-25(22-14-7-4-8-15-22,23-16-9-5-10-17-23)24-18-11-6-12-19-24/h4-21H,1-3H3/b21-13+. The Kier molecular flexibility index (Phi) is 5.81. The van der Waals surface area contributed by atoms with Crippen LogP contribution in [0.15, 0.2) is 103 Å². The summed E-state index contributed by atoms with van der Waals surface area (Å²) in [4.78, 5) is 0. The van der Waals surface area contributed by atoms with Crippen molar-refractivity contribution in [3.05, 3.63) is 103 Å². The second kappa shape index (κ2) is 8.08. The van der Waals surface area contributed by atoms with E-state index in [2.05, 4.69) is 128 Å². The second-order valence-corrected chi connectivity index (χ2v) is 16.0. The van der Waals surface area contributed by atoms with Gasteiger partial charge in [0.25, 0.3) is 0 Å². The maximum absolute atomic E-state index is 2.49. The van der Waals surface area contributed by atoms with Crippen molar-refractivity contribution in [1.29, 1.82) is 0 Å². The first-order valence-corrected chi connectivity index (χ1v) is 14.6. The number of hydrogen-bond acceptors (Lipinski definition) is 0. The van der Waals surface area contributed by atoms with Crippen LogP contribution in [0, 0.1) is 0 Å². The molecular formula is C24H27PSi. The zero-order valence-electron chi connectivity index (χ0n) is 15.8. The van der Waals surface area contributed by atoms with Gasteiger partial charge in [-0.05, 0) is 22.8 Å². The molecule has 0 atom stereocenters. The van der Waals surface area contributed by atoms with Crippen LogP contribution in [0.1, 0.15) is 0 Å².